The van der Waals surface area contributed by atoms with Crippen LogP contribution in [0.5, 0.6) is 17.2 Å². The fourth-order valence-corrected chi connectivity index (χ4v) is 2.06. The lowest BCUT2D eigenvalue weighted by molar-refractivity contribution is 0.173. The number of nitrogens with two attached hydrogens (primary N) is 1. The van der Waals surface area contributed by atoms with E-state index >= 15 is 0 Å². The molecule has 0 unspecified atom stereocenters. The van der Waals surface area contributed by atoms with Crippen molar-refractivity contribution in [3.63, 3.8) is 0 Å². The Morgan fingerprint density at radius 2 is 2.24 bits per heavy atom. The Bertz CT molecular complexity index is 471. The summed E-state index contributed by atoms with van der Waals surface area (Å²) in [5.74, 6) is 0.782. The van der Waals surface area contributed by atoms with Gasteiger partial charge in [-0.05, 0) is 19.3 Å². The molecule has 4 nitrogen and oxygen atoms in total. The van der Waals surface area contributed by atoms with E-state index in [1.807, 2.05) is 0 Å². The van der Waals surface area contributed by atoms with Crippen LogP contribution in [-0.4, -0.2) is 19.4 Å². The number of fused-ring (bicyclic) bond motifs is 1. The van der Waals surface area contributed by atoms with Crippen LogP contribution in [0.2, 0.25) is 0 Å². The normalized spacial score (nSPS) is 19.2. The Hall–Kier alpha value is -1.49. The first-order valence-electron chi connectivity index (χ1n) is 5.57. The average Bonchev–Trinajstić information content (AvgIpc) is 2.87. The zero-order valence-electron chi connectivity index (χ0n) is 9.59. The van der Waals surface area contributed by atoms with Crippen LogP contribution in [0.15, 0.2) is 6.07 Å². The van der Waals surface area contributed by atoms with Gasteiger partial charge in [-0.25, -0.2) is 4.39 Å². The molecule has 0 aromatic heterocycles. The lowest BCUT2D eigenvalue weighted by Crippen LogP contribution is -2.25. The van der Waals surface area contributed by atoms with Crippen LogP contribution in [0.4, 0.5) is 4.39 Å². The molecule has 1 aliphatic carbocycles. The third kappa shape index (κ3) is 1.70. The predicted octanol–water partition coefficient (Wildman–Crippen LogP) is 1.60. The van der Waals surface area contributed by atoms with E-state index in [1.54, 1.807) is 0 Å². The Morgan fingerprint density at radius 1 is 1.47 bits per heavy atom. The summed E-state index contributed by atoms with van der Waals surface area (Å²) >= 11 is 0. The highest BCUT2D eigenvalue weighted by Crippen LogP contribution is 2.46. The molecule has 92 valence electrons. The van der Waals surface area contributed by atoms with E-state index in [0.29, 0.717) is 23.5 Å². The minimum Gasteiger partial charge on any atom is -0.494 e. The maximum absolute atomic E-state index is 14.2. The molecule has 1 heterocycles. The quantitative estimate of drug-likeness (QED) is 0.870. The summed E-state index contributed by atoms with van der Waals surface area (Å²) in [5.41, 5.74) is 6.21. The minimum absolute atomic E-state index is 0.118. The van der Waals surface area contributed by atoms with Crippen LogP contribution in [0.3, 0.4) is 0 Å². The molecular weight excluding hydrogens is 225 g/mol. The van der Waals surface area contributed by atoms with Gasteiger partial charge in [0.1, 0.15) is 0 Å². The molecule has 0 spiro atoms. The second-order valence-corrected chi connectivity index (χ2v) is 4.64. The molecule has 1 saturated carbocycles. The number of benzene rings is 1. The molecule has 1 aliphatic heterocycles. The molecule has 1 fully saturated rings. The van der Waals surface area contributed by atoms with Crippen molar-refractivity contribution in [1.29, 1.82) is 0 Å². The van der Waals surface area contributed by atoms with E-state index in [4.69, 9.17) is 19.9 Å². The summed E-state index contributed by atoms with van der Waals surface area (Å²) in [7, 11) is 1.43. The molecule has 0 bridgehead atoms. The Kier molecular flexibility index (Phi) is 2.19. The molecule has 0 radical (unpaired) electrons. The van der Waals surface area contributed by atoms with E-state index in [1.165, 1.54) is 13.2 Å². The summed E-state index contributed by atoms with van der Waals surface area (Å²) in [6, 6.07) is 1.51. The first-order chi connectivity index (χ1) is 8.13. The second-order valence-electron chi connectivity index (χ2n) is 4.64. The van der Waals surface area contributed by atoms with Crippen LogP contribution in [0.1, 0.15) is 18.4 Å². The highest BCUT2D eigenvalue weighted by atomic mass is 19.1. The van der Waals surface area contributed by atoms with E-state index < -0.39 is 5.82 Å². The molecule has 1 aromatic rings. The van der Waals surface area contributed by atoms with Crippen LogP contribution in [0.25, 0.3) is 0 Å². The van der Waals surface area contributed by atoms with Gasteiger partial charge in [-0.1, -0.05) is 0 Å². The summed E-state index contributed by atoms with van der Waals surface area (Å²) < 4.78 is 29.7. The largest absolute Gasteiger partial charge is 0.494 e. The SMILES string of the molecule is COc1cc2c(c(CC3(N)CC3)c1F)OCO2. The van der Waals surface area contributed by atoms with Crippen molar-refractivity contribution in [2.45, 2.75) is 24.8 Å². The first-order valence-corrected chi connectivity index (χ1v) is 5.57. The predicted molar refractivity (Wildman–Crippen MR) is 58.9 cm³/mol. The smallest absolute Gasteiger partial charge is 0.231 e. The average molecular weight is 239 g/mol. The fraction of sp³-hybridized carbons (Fsp3) is 0.500. The minimum atomic E-state index is -0.395. The van der Waals surface area contributed by atoms with Gasteiger partial charge in [0.15, 0.2) is 23.1 Å². The fourth-order valence-electron chi connectivity index (χ4n) is 2.06. The Balaban J connectivity index is 2.07. The van der Waals surface area contributed by atoms with Crippen molar-refractivity contribution in [2.75, 3.05) is 13.9 Å². The van der Waals surface area contributed by atoms with Gasteiger partial charge in [0, 0.05) is 17.2 Å². The number of methoxy groups -OCH3 is 1. The number of rotatable bonds is 3. The zero-order chi connectivity index (χ0) is 12.0. The molecule has 0 amide bonds. The third-order valence-corrected chi connectivity index (χ3v) is 3.30. The van der Waals surface area contributed by atoms with Crippen molar-refractivity contribution >= 4 is 0 Å². The van der Waals surface area contributed by atoms with Gasteiger partial charge in [-0.15, -0.1) is 0 Å². The maximum atomic E-state index is 14.2. The summed E-state index contributed by atoms with van der Waals surface area (Å²) in [6.45, 7) is 0.118. The molecule has 1 aromatic carbocycles. The van der Waals surface area contributed by atoms with E-state index in [9.17, 15) is 4.39 Å². The lowest BCUT2D eigenvalue weighted by Gasteiger charge is -2.14. The van der Waals surface area contributed by atoms with Gasteiger partial charge in [-0.2, -0.15) is 0 Å². The lowest BCUT2D eigenvalue weighted by atomic mass is 10.0. The standard InChI is InChI=1S/C12H14FNO3/c1-15-8-4-9-11(17-6-16-9)7(10(8)13)5-12(14)2-3-12/h4H,2-3,5-6,14H2,1H3. The van der Waals surface area contributed by atoms with Crippen LogP contribution in [0, 0.1) is 5.82 Å². The second kappa shape index (κ2) is 3.50. The zero-order valence-corrected chi connectivity index (χ0v) is 9.59. The van der Waals surface area contributed by atoms with Gasteiger partial charge < -0.3 is 19.9 Å². The number of ether oxygens (including phenoxy) is 3. The van der Waals surface area contributed by atoms with E-state index in [-0.39, 0.29) is 18.1 Å². The van der Waals surface area contributed by atoms with Crippen molar-refractivity contribution < 1.29 is 18.6 Å². The third-order valence-electron chi connectivity index (χ3n) is 3.30. The Labute approximate surface area is 98.5 Å². The molecule has 3 rings (SSSR count). The van der Waals surface area contributed by atoms with Crippen molar-refractivity contribution in [1.82, 2.24) is 0 Å². The molecule has 0 atom stereocenters. The molecule has 0 saturated heterocycles. The van der Waals surface area contributed by atoms with Crippen molar-refractivity contribution in [2.24, 2.45) is 5.73 Å². The van der Waals surface area contributed by atoms with Crippen LogP contribution < -0.4 is 19.9 Å². The maximum Gasteiger partial charge on any atom is 0.231 e. The van der Waals surface area contributed by atoms with Gasteiger partial charge >= 0.3 is 0 Å². The van der Waals surface area contributed by atoms with Gasteiger partial charge in [-0.3, -0.25) is 0 Å². The molecule has 5 heteroatoms. The van der Waals surface area contributed by atoms with Crippen molar-refractivity contribution in [3.8, 4) is 17.2 Å². The highest BCUT2D eigenvalue weighted by Gasteiger charge is 2.41. The number of hydrogen-bond donors (Lipinski definition) is 1. The van der Waals surface area contributed by atoms with Gasteiger partial charge in [0.25, 0.3) is 0 Å². The number of hydrogen-bond acceptors (Lipinski definition) is 4. The molecule has 17 heavy (non-hydrogen) atoms. The summed E-state index contributed by atoms with van der Waals surface area (Å²) in [4.78, 5) is 0. The Morgan fingerprint density at radius 3 is 2.88 bits per heavy atom. The number of halogens is 1. The molecular formula is C12H14FNO3. The molecule has 2 N–H and O–H groups in total. The molecule has 2 aliphatic rings. The first kappa shape index (κ1) is 10.7. The highest BCUT2D eigenvalue weighted by molar-refractivity contribution is 5.55. The topological polar surface area (TPSA) is 53.7 Å². The monoisotopic (exact) mass is 239 g/mol. The van der Waals surface area contributed by atoms with E-state index in [0.717, 1.165) is 12.8 Å². The van der Waals surface area contributed by atoms with Crippen LogP contribution in [-0.2, 0) is 6.42 Å². The summed E-state index contributed by atoms with van der Waals surface area (Å²) in [6.07, 6.45) is 2.29. The van der Waals surface area contributed by atoms with E-state index in [2.05, 4.69) is 0 Å². The van der Waals surface area contributed by atoms with Crippen LogP contribution >= 0.6 is 0 Å². The van der Waals surface area contributed by atoms with Gasteiger partial charge in [0.05, 0.1) is 7.11 Å². The van der Waals surface area contributed by atoms with Crippen molar-refractivity contribution in [3.05, 3.63) is 17.4 Å². The van der Waals surface area contributed by atoms with Gasteiger partial charge in [0.2, 0.25) is 6.79 Å². The summed E-state index contributed by atoms with van der Waals surface area (Å²) in [5, 5.41) is 0.